The molecule has 4 aromatic rings. The molecular weight excluding hydrogens is 490 g/mol. The summed E-state index contributed by atoms with van der Waals surface area (Å²) < 4.78 is 40.0. The predicted molar refractivity (Wildman–Crippen MR) is 141 cm³/mol. The summed E-state index contributed by atoms with van der Waals surface area (Å²) in [6, 6.07) is 20.7. The minimum atomic E-state index is -3.81. The molecule has 1 fully saturated rings. The number of nitrogens with zero attached hydrogens (tertiary/aromatic N) is 2. The molecule has 5 rings (SSSR count). The largest absolute Gasteiger partial charge is 0.491 e. The van der Waals surface area contributed by atoms with E-state index in [4.69, 9.17) is 9.15 Å². The van der Waals surface area contributed by atoms with E-state index >= 15 is 0 Å². The van der Waals surface area contributed by atoms with Crippen LogP contribution < -0.4 is 10.1 Å². The van der Waals surface area contributed by atoms with Gasteiger partial charge in [0.15, 0.2) is 11.5 Å². The second-order valence-corrected chi connectivity index (χ2v) is 11.3. The van der Waals surface area contributed by atoms with Gasteiger partial charge in [-0.3, -0.25) is 4.79 Å². The fourth-order valence-corrected chi connectivity index (χ4v) is 6.04. The van der Waals surface area contributed by atoms with Crippen LogP contribution >= 0.6 is 0 Å². The molecule has 0 radical (unpaired) electrons. The standard InChI is InChI=1S/C28H29N3O5S/c1-19(2)35-23-14-12-22(13-15-23)29-27(32)20-7-5-9-24(17-20)37(33,34)31-16-6-8-21(18-31)28-30-25-10-3-4-11-26(25)36-28/h3-5,7,9-15,17,19,21H,6,8,16,18H2,1-2H3,(H,29,32). The van der Waals surface area contributed by atoms with Gasteiger partial charge in [0.2, 0.25) is 10.0 Å². The van der Waals surface area contributed by atoms with Gasteiger partial charge in [0.1, 0.15) is 11.3 Å². The summed E-state index contributed by atoms with van der Waals surface area (Å²) >= 11 is 0. The molecule has 1 unspecified atom stereocenters. The van der Waals surface area contributed by atoms with E-state index in [1.165, 1.54) is 16.4 Å². The van der Waals surface area contributed by atoms with Crippen LogP contribution in [-0.4, -0.2) is 42.8 Å². The maximum atomic E-state index is 13.5. The number of sulfonamides is 1. The number of rotatable bonds is 7. The molecule has 1 atom stereocenters. The van der Waals surface area contributed by atoms with E-state index in [9.17, 15) is 13.2 Å². The first-order valence-corrected chi connectivity index (χ1v) is 13.8. The van der Waals surface area contributed by atoms with Gasteiger partial charge in [0.25, 0.3) is 5.91 Å². The number of amides is 1. The number of anilines is 1. The van der Waals surface area contributed by atoms with Crippen LogP contribution in [0.5, 0.6) is 5.75 Å². The number of fused-ring (bicyclic) bond motifs is 1. The summed E-state index contributed by atoms with van der Waals surface area (Å²) in [5.74, 6) is 0.737. The van der Waals surface area contributed by atoms with E-state index in [1.807, 2.05) is 38.1 Å². The number of ether oxygens (including phenoxy) is 1. The topological polar surface area (TPSA) is 102 Å². The molecule has 1 N–H and O–H groups in total. The minimum absolute atomic E-state index is 0.0512. The van der Waals surface area contributed by atoms with Crippen LogP contribution in [-0.2, 0) is 10.0 Å². The summed E-state index contributed by atoms with van der Waals surface area (Å²) in [5.41, 5.74) is 2.30. The number of hydrogen-bond acceptors (Lipinski definition) is 6. The van der Waals surface area contributed by atoms with Gasteiger partial charge in [0, 0.05) is 30.3 Å². The van der Waals surface area contributed by atoms with E-state index in [0.717, 1.165) is 11.9 Å². The van der Waals surface area contributed by atoms with Gasteiger partial charge >= 0.3 is 0 Å². The van der Waals surface area contributed by atoms with Gasteiger partial charge in [-0.05, 0) is 81.3 Å². The predicted octanol–water partition coefficient (Wildman–Crippen LogP) is 5.44. The van der Waals surface area contributed by atoms with Crippen molar-refractivity contribution in [3.8, 4) is 5.75 Å². The van der Waals surface area contributed by atoms with Gasteiger partial charge in [-0.1, -0.05) is 18.2 Å². The minimum Gasteiger partial charge on any atom is -0.491 e. The molecule has 1 aliphatic rings. The van der Waals surface area contributed by atoms with Gasteiger partial charge in [0.05, 0.1) is 11.0 Å². The highest BCUT2D eigenvalue weighted by atomic mass is 32.2. The Labute approximate surface area is 216 Å². The number of carbonyl (C=O) groups excluding carboxylic acids is 1. The van der Waals surface area contributed by atoms with Gasteiger partial charge in [-0.2, -0.15) is 4.31 Å². The fourth-order valence-electron chi connectivity index (χ4n) is 4.47. The second kappa shape index (κ2) is 10.4. The maximum absolute atomic E-state index is 13.5. The lowest BCUT2D eigenvalue weighted by molar-refractivity contribution is 0.102. The smallest absolute Gasteiger partial charge is 0.255 e. The number of nitrogens with one attached hydrogen (secondary N) is 1. The van der Waals surface area contributed by atoms with Crippen LogP contribution in [0.25, 0.3) is 11.1 Å². The summed E-state index contributed by atoms with van der Waals surface area (Å²) in [6.45, 7) is 4.56. The molecule has 0 bridgehead atoms. The second-order valence-electron chi connectivity index (χ2n) is 9.39. The van der Waals surface area contributed by atoms with E-state index in [2.05, 4.69) is 10.3 Å². The first-order valence-electron chi connectivity index (χ1n) is 12.3. The highest BCUT2D eigenvalue weighted by Crippen LogP contribution is 2.32. The Kier molecular flexibility index (Phi) is 6.99. The highest BCUT2D eigenvalue weighted by molar-refractivity contribution is 7.89. The maximum Gasteiger partial charge on any atom is 0.255 e. The van der Waals surface area contributed by atoms with Crippen LogP contribution in [0.2, 0.25) is 0 Å². The Morgan fingerprint density at radius 3 is 2.62 bits per heavy atom. The third-order valence-electron chi connectivity index (χ3n) is 6.26. The molecule has 1 saturated heterocycles. The molecule has 2 heterocycles. The Balaban J connectivity index is 1.31. The first kappa shape index (κ1) is 25.0. The number of carbonyl (C=O) groups is 1. The van der Waals surface area contributed by atoms with Crippen molar-refractivity contribution in [2.24, 2.45) is 0 Å². The zero-order chi connectivity index (χ0) is 26.0. The molecule has 1 amide bonds. The van der Waals surface area contributed by atoms with Crippen molar-refractivity contribution in [3.05, 3.63) is 84.3 Å². The normalized spacial score (nSPS) is 16.7. The average molecular weight is 520 g/mol. The van der Waals surface area contributed by atoms with Crippen molar-refractivity contribution in [2.75, 3.05) is 18.4 Å². The molecule has 0 saturated carbocycles. The lowest BCUT2D eigenvalue weighted by Crippen LogP contribution is -2.39. The third kappa shape index (κ3) is 5.52. The fraction of sp³-hybridized carbons (Fsp3) is 0.286. The summed E-state index contributed by atoms with van der Waals surface area (Å²) in [4.78, 5) is 17.5. The number of hydrogen-bond donors (Lipinski definition) is 1. The SMILES string of the molecule is CC(C)Oc1ccc(NC(=O)c2cccc(S(=O)(=O)N3CCCC(c4nc5ccccc5o4)C3)c2)cc1. The van der Waals surface area contributed by atoms with E-state index < -0.39 is 15.9 Å². The first-order chi connectivity index (χ1) is 17.8. The number of aromatic nitrogens is 1. The molecule has 1 aromatic heterocycles. The van der Waals surface area contributed by atoms with E-state index in [0.29, 0.717) is 35.9 Å². The Morgan fingerprint density at radius 1 is 1.08 bits per heavy atom. The molecule has 0 aliphatic carbocycles. The number of benzene rings is 3. The van der Waals surface area contributed by atoms with Gasteiger partial charge in [-0.25, -0.2) is 13.4 Å². The Bertz CT molecular complexity index is 1480. The molecule has 192 valence electrons. The average Bonchev–Trinajstić information content (AvgIpc) is 3.34. The molecule has 3 aromatic carbocycles. The van der Waals surface area contributed by atoms with Gasteiger partial charge in [-0.15, -0.1) is 0 Å². The van der Waals surface area contributed by atoms with Crippen molar-refractivity contribution < 1.29 is 22.4 Å². The summed E-state index contributed by atoms with van der Waals surface area (Å²) in [6.07, 6.45) is 1.54. The van der Waals surface area contributed by atoms with E-state index in [-0.39, 0.29) is 29.0 Å². The summed E-state index contributed by atoms with van der Waals surface area (Å²) in [7, 11) is -3.81. The van der Waals surface area contributed by atoms with Crippen molar-refractivity contribution in [1.29, 1.82) is 0 Å². The summed E-state index contributed by atoms with van der Waals surface area (Å²) in [5, 5.41) is 2.81. The quantitative estimate of drug-likeness (QED) is 0.349. The molecule has 1 aliphatic heterocycles. The van der Waals surface area contributed by atoms with Crippen molar-refractivity contribution >= 4 is 32.7 Å². The highest BCUT2D eigenvalue weighted by Gasteiger charge is 2.33. The van der Waals surface area contributed by atoms with Crippen molar-refractivity contribution in [3.63, 3.8) is 0 Å². The van der Waals surface area contributed by atoms with Crippen LogP contribution in [0.4, 0.5) is 5.69 Å². The Hall–Kier alpha value is -3.69. The molecule has 8 nitrogen and oxygen atoms in total. The van der Waals surface area contributed by atoms with Crippen LogP contribution in [0.1, 0.15) is 48.9 Å². The number of piperidine rings is 1. The third-order valence-corrected chi connectivity index (χ3v) is 8.12. The number of oxazole rings is 1. The monoisotopic (exact) mass is 519 g/mol. The van der Waals surface area contributed by atoms with E-state index in [1.54, 1.807) is 36.4 Å². The molecule has 9 heteroatoms. The van der Waals surface area contributed by atoms with Crippen LogP contribution in [0.15, 0.2) is 82.1 Å². The lowest BCUT2D eigenvalue weighted by atomic mass is 10.00. The van der Waals surface area contributed by atoms with Crippen molar-refractivity contribution in [2.45, 2.75) is 43.6 Å². The molecule has 0 spiro atoms. The zero-order valence-corrected chi connectivity index (χ0v) is 21.6. The van der Waals surface area contributed by atoms with Gasteiger partial charge < -0.3 is 14.5 Å². The zero-order valence-electron chi connectivity index (χ0n) is 20.8. The van der Waals surface area contributed by atoms with Crippen LogP contribution in [0.3, 0.4) is 0 Å². The Morgan fingerprint density at radius 2 is 1.86 bits per heavy atom. The molecular formula is C28H29N3O5S. The number of para-hydroxylation sites is 2. The molecule has 37 heavy (non-hydrogen) atoms. The van der Waals surface area contributed by atoms with Crippen molar-refractivity contribution in [1.82, 2.24) is 9.29 Å². The van der Waals surface area contributed by atoms with Crippen LogP contribution in [0, 0.1) is 0 Å². The lowest BCUT2D eigenvalue weighted by Gasteiger charge is -2.30.